The molecule has 2 unspecified atom stereocenters. The lowest BCUT2D eigenvalue weighted by atomic mass is 9.74. The van der Waals surface area contributed by atoms with Crippen molar-refractivity contribution in [2.75, 3.05) is 0 Å². The van der Waals surface area contributed by atoms with Gasteiger partial charge in [0.2, 0.25) is 0 Å². The molecule has 1 fully saturated rings. The van der Waals surface area contributed by atoms with Gasteiger partial charge in [0.05, 0.1) is 5.92 Å². The molecule has 0 radical (unpaired) electrons. The lowest BCUT2D eigenvalue weighted by Gasteiger charge is -2.30. The summed E-state index contributed by atoms with van der Waals surface area (Å²) in [4.78, 5) is 22.3. The minimum absolute atomic E-state index is 0.252. The van der Waals surface area contributed by atoms with E-state index < -0.39 is 11.9 Å². The maximum atomic E-state index is 11.7. The first-order chi connectivity index (χ1) is 14.4. The Labute approximate surface area is 185 Å². The Hall–Kier alpha value is -1.06. The van der Waals surface area contributed by atoms with Crippen LogP contribution in [-0.4, -0.2) is 22.2 Å². The zero-order chi connectivity index (χ0) is 22.2. The summed E-state index contributed by atoms with van der Waals surface area (Å²) in [5.74, 6) is -1.29. The van der Waals surface area contributed by atoms with Crippen LogP contribution in [-0.2, 0) is 9.59 Å². The lowest BCUT2D eigenvalue weighted by molar-refractivity contribution is -0.144. The minimum atomic E-state index is -0.708. The van der Waals surface area contributed by atoms with Gasteiger partial charge in [0.15, 0.2) is 0 Å². The van der Waals surface area contributed by atoms with Crippen LogP contribution in [0.1, 0.15) is 136 Å². The molecule has 2 N–H and O–H groups in total. The molecule has 0 aromatic rings. The molecule has 1 aliphatic rings. The highest BCUT2D eigenvalue weighted by Crippen LogP contribution is 2.59. The summed E-state index contributed by atoms with van der Waals surface area (Å²) in [5.41, 5.74) is 0.254. The van der Waals surface area contributed by atoms with E-state index in [1.54, 1.807) is 0 Å². The van der Waals surface area contributed by atoms with Crippen molar-refractivity contribution >= 4 is 11.9 Å². The van der Waals surface area contributed by atoms with Crippen molar-refractivity contribution in [2.45, 2.75) is 136 Å². The quantitative estimate of drug-likeness (QED) is 0.184. The first-order valence-corrected chi connectivity index (χ1v) is 12.9. The fraction of sp³-hybridized carbons (Fsp3) is 0.923. The molecule has 1 saturated carbocycles. The van der Waals surface area contributed by atoms with Crippen LogP contribution in [0.2, 0.25) is 0 Å². The van der Waals surface area contributed by atoms with Gasteiger partial charge >= 0.3 is 11.9 Å². The summed E-state index contributed by atoms with van der Waals surface area (Å²) in [6.45, 7) is 4.17. The normalized spacial score (nSPS) is 16.9. The van der Waals surface area contributed by atoms with Gasteiger partial charge in [0, 0.05) is 6.42 Å². The highest BCUT2D eigenvalue weighted by atomic mass is 16.4. The smallest absolute Gasteiger partial charge is 0.306 e. The zero-order valence-electron chi connectivity index (χ0n) is 19.8. The second kappa shape index (κ2) is 15.7. The highest BCUT2D eigenvalue weighted by Gasteiger charge is 2.50. The summed E-state index contributed by atoms with van der Waals surface area (Å²) in [6.07, 6.45) is 21.9. The summed E-state index contributed by atoms with van der Waals surface area (Å²) in [6, 6.07) is 0. The summed E-state index contributed by atoms with van der Waals surface area (Å²) >= 11 is 0. The molecule has 1 aliphatic carbocycles. The molecule has 30 heavy (non-hydrogen) atoms. The number of carboxylic acid groups (broad SMARTS) is 2. The number of hydrogen-bond donors (Lipinski definition) is 2. The van der Waals surface area contributed by atoms with E-state index >= 15 is 0 Å². The van der Waals surface area contributed by atoms with Crippen LogP contribution in [0.25, 0.3) is 0 Å². The SMILES string of the molecule is CCCCCCCCCCCCC(C(C)C(=O)O)C1(CCCCCCC(=O)O)CC1. The van der Waals surface area contributed by atoms with E-state index in [1.807, 2.05) is 6.92 Å². The Morgan fingerprint density at radius 3 is 1.77 bits per heavy atom. The van der Waals surface area contributed by atoms with Crippen LogP contribution in [0.4, 0.5) is 0 Å². The number of rotatable bonds is 21. The van der Waals surface area contributed by atoms with Crippen molar-refractivity contribution in [3.05, 3.63) is 0 Å². The molecule has 0 aliphatic heterocycles. The van der Waals surface area contributed by atoms with E-state index in [0.717, 1.165) is 38.5 Å². The van der Waals surface area contributed by atoms with Crippen LogP contribution in [0.3, 0.4) is 0 Å². The van der Waals surface area contributed by atoms with Gasteiger partial charge in [-0.3, -0.25) is 9.59 Å². The number of unbranched alkanes of at least 4 members (excludes halogenated alkanes) is 12. The molecular weight excluding hydrogens is 376 g/mol. The van der Waals surface area contributed by atoms with Gasteiger partial charge in [-0.1, -0.05) is 97.3 Å². The van der Waals surface area contributed by atoms with Gasteiger partial charge in [-0.05, 0) is 43.4 Å². The second-order valence-corrected chi connectivity index (χ2v) is 9.87. The van der Waals surface area contributed by atoms with Crippen molar-refractivity contribution < 1.29 is 19.8 Å². The highest BCUT2D eigenvalue weighted by molar-refractivity contribution is 5.70. The molecule has 0 aromatic heterocycles. The van der Waals surface area contributed by atoms with Gasteiger partial charge < -0.3 is 10.2 Å². The van der Waals surface area contributed by atoms with E-state index in [-0.39, 0.29) is 17.8 Å². The van der Waals surface area contributed by atoms with E-state index in [0.29, 0.717) is 5.92 Å². The van der Waals surface area contributed by atoms with Gasteiger partial charge in [-0.15, -0.1) is 0 Å². The standard InChI is InChI=1S/C26H48O4/c1-3-4-5-6-7-8-9-10-11-14-17-23(22(2)25(29)30)26(20-21-26)19-16-13-12-15-18-24(27)28/h22-23H,3-21H2,1-2H3,(H,27,28)(H,29,30). The topological polar surface area (TPSA) is 74.6 Å². The Morgan fingerprint density at radius 1 is 0.767 bits per heavy atom. The molecule has 0 bridgehead atoms. The average molecular weight is 425 g/mol. The van der Waals surface area contributed by atoms with E-state index in [9.17, 15) is 14.7 Å². The van der Waals surface area contributed by atoms with Crippen LogP contribution in [0, 0.1) is 17.3 Å². The Balaban J connectivity index is 2.27. The van der Waals surface area contributed by atoms with E-state index in [2.05, 4.69) is 6.92 Å². The molecule has 1 rings (SSSR count). The van der Waals surface area contributed by atoms with Crippen LogP contribution in [0.5, 0.6) is 0 Å². The molecule has 0 heterocycles. The Kier molecular flexibility index (Phi) is 14.1. The first-order valence-electron chi connectivity index (χ1n) is 12.9. The number of carbonyl (C=O) groups is 2. The maximum absolute atomic E-state index is 11.7. The third-order valence-electron chi connectivity index (χ3n) is 7.36. The van der Waals surface area contributed by atoms with Crippen LogP contribution in [0.15, 0.2) is 0 Å². The summed E-state index contributed by atoms with van der Waals surface area (Å²) in [7, 11) is 0. The van der Waals surface area contributed by atoms with Crippen LogP contribution < -0.4 is 0 Å². The maximum Gasteiger partial charge on any atom is 0.306 e. The fourth-order valence-corrected chi connectivity index (χ4v) is 5.18. The molecule has 0 amide bonds. The van der Waals surface area contributed by atoms with E-state index in [1.165, 1.54) is 77.0 Å². The number of aliphatic carboxylic acids is 2. The third-order valence-corrected chi connectivity index (χ3v) is 7.36. The molecule has 2 atom stereocenters. The van der Waals surface area contributed by atoms with Crippen molar-refractivity contribution in [2.24, 2.45) is 17.3 Å². The van der Waals surface area contributed by atoms with Gasteiger partial charge in [0.25, 0.3) is 0 Å². The number of carboxylic acids is 2. The summed E-state index contributed by atoms with van der Waals surface area (Å²) < 4.78 is 0. The molecule has 4 heteroatoms. The predicted molar refractivity (Wildman–Crippen MR) is 124 cm³/mol. The average Bonchev–Trinajstić information content (AvgIpc) is 3.48. The van der Waals surface area contributed by atoms with Gasteiger partial charge in [-0.2, -0.15) is 0 Å². The predicted octanol–water partition coefficient (Wildman–Crippen LogP) is 7.84. The molecular formula is C26H48O4. The molecule has 4 nitrogen and oxygen atoms in total. The summed E-state index contributed by atoms with van der Waals surface area (Å²) in [5, 5.41) is 18.4. The molecule has 0 saturated heterocycles. The Bertz CT molecular complexity index is 470. The monoisotopic (exact) mass is 424 g/mol. The van der Waals surface area contributed by atoms with Crippen molar-refractivity contribution in [3.63, 3.8) is 0 Å². The molecule has 0 spiro atoms. The third kappa shape index (κ3) is 11.4. The van der Waals surface area contributed by atoms with Crippen molar-refractivity contribution in [1.82, 2.24) is 0 Å². The van der Waals surface area contributed by atoms with E-state index in [4.69, 9.17) is 5.11 Å². The van der Waals surface area contributed by atoms with Crippen molar-refractivity contribution in [1.29, 1.82) is 0 Å². The second-order valence-electron chi connectivity index (χ2n) is 9.87. The van der Waals surface area contributed by atoms with Gasteiger partial charge in [0.1, 0.15) is 0 Å². The molecule has 0 aromatic carbocycles. The number of hydrogen-bond acceptors (Lipinski definition) is 2. The van der Waals surface area contributed by atoms with Crippen molar-refractivity contribution in [3.8, 4) is 0 Å². The minimum Gasteiger partial charge on any atom is -0.481 e. The van der Waals surface area contributed by atoms with Crippen LogP contribution >= 0.6 is 0 Å². The lowest BCUT2D eigenvalue weighted by Crippen LogP contribution is -2.29. The first kappa shape index (κ1) is 27.0. The largest absolute Gasteiger partial charge is 0.481 e. The van der Waals surface area contributed by atoms with Gasteiger partial charge in [-0.25, -0.2) is 0 Å². The fourth-order valence-electron chi connectivity index (χ4n) is 5.18. The Morgan fingerprint density at radius 2 is 1.27 bits per heavy atom. The molecule has 176 valence electrons. The zero-order valence-corrected chi connectivity index (χ0v) is 19.8.